The van der Waals surface area contributed by atoms with Crippen LogP contribution in [0.4, 0.5) is 0 Å². The van der Waals surface area contributed by atoms with Gasteiger partial charge in [0.25, 0.3) is 0 Å². The van der Waals surface area contributed by atoms with Gasteiger partial charge in [0.05, 0.1) is 0 Å². The molecule has 0 amide bonds. The first-order chi connectivity index (χ1) is 8.76. The molecule has 0 N–H and O–H groups in total. The van der Waals surface area contributed by atoms with Gasteiger partial charge in [-0.25, -0.2) is 0 Å². The third-order valence-electron chi connectivity index (χ3n) is 2.31. The number of benzene rings is 1. The largest absolute Gasteiger partial charge is 0.0991 e. The molecule has 18 heavy (non-hydrogen) atoms. The molecule has 0 nitrogen and oxygen atoms in total. The van der Waals surface area contributed by atoms with Crippen molar-refractivity contribution in [3.05, 3.63) is 103 Å². The molecule has 0 heteroatoms. The summed E-state index contributed by atoms with van der Waals surface area (Å²) < 4.78 is 0. The fourth-order valence-electron chi connectivity index (χ4n) is 1.36. The van der Waals surface area contributed by atoms with Crippen molar-refractivity contribution in [2.24, 2.45) is 0 Å². The van der Waals surface area contributed by atoms with Crippen molar-refractivity contribution in [1.29, 1.82) is 0 Å². The van der Waals surface area contributed by atoms with Crippen molar-refractivity contribution >= 4 is 6.08 Å². The van der Waals surface area contributed by atoms with Crippen LogP contribution in [-0.2, 0) is 0 Å². The lowest BCUT2D eigenvalue weighted by Gasteiger charge is -1.96. The molecular weight excluding hydrogens is 216 g/mol. The maximum atomic E-state index is 3.89. The molecule has 0 spiro atoms. The quantitative estimate of drug-likeness (QED) is 0.600. The summed E-state index contributed by atoms with van der Waals surface area (Å²) in [5, 5.41) is 0. The second-order valence-corrected chi connectivity index (χ2v) is 3.76. The summed E-state index contributed by atoms with van der Waals surface area (Å²) in [7, 11) is 0. The summed E-state index contributed by atoms with van der Waals surface area (Å²) in [5.41, 5.74) is 3.11. The number of hydrogen-bond acceptors (Lipinski definition) is 0. The Morgan fingerprint density at radius 2 is 1.72 bits per heavy atom. The van der Waals surface area contributed by atoms with E-state index in [9.17, 15) is 0 Å². The third kappa shape index (κ3) is 5.13. The molecule has 1 aromatic carbocycles. The maximum absolute atomic E-state index is 3.89. The Morgan fingerprint density at radius 1 is 1.00 bits per heavy atom. The van der Waals surface area contributed by atoms with Gasteiger partial charge in [-0.05, 0) is 22.8 Å². The van der Waals surface area contributed by atoms with Crippen LogP contribution in [0, 0.1) is 0 Å². The molecule has 0 bridgehead atoms. The van der Waals surface area contributed by atoms with Crippen LogP contribution in [0.2, 0.25) is 0 Å². The zero-order valence-corrected chi connectivity index (χ0v) is 10.5. The van der Waals surface area contributed by atoms with Crippen LogP contribution in [0.1, 0.15) is 5.56 Å². The van der Waals surface area contributed by atoms with Gasteiger partial charge in [-0.2, -0.15) is 0 Å². The van der Waals surface area contributed by atoms with Gasteiger partial charge in [-0.15, -0.1) is 0 Å². The molecular formula is C18H18. The van der Waals surface area contributed by atoms with Crippen LogP contribution < -0.4 is 0 Å². The first-order valence-corrected chi connectivity index (χ1v) is 5.81. The van der Waals surface area contributed by atoms with Crippen LogP contribution in [-0.4, -0.2) is 0 Å². The number of allylic oxidation sites excluding steroid dienone is 8. The normalized spacial score (nSPS) is 11.9. The summed E-state index contributed by atoms with van der Waals surface area (Å²) in [6.07, 6.45) is 13.5. The lowest BCUT2D eigenvalue weighted by molar-refractivity contribution is 1.62. The molecule has 1 rings (SSSR count). The summed E-state index contributed by atoms with van der Waals surface area (Å²) in [4.78, 5) is 0. The average Bonchev–Trinajstić information content (AvgIpc) is 2.42. The van der Waals surface area contributed by atoms with Gasteiger partial charge in [0.2, 0.25) is 0 Å². The standard InChI is InChI=1S/C18H18/c1-4-6-10-18(15-16(3)5-2)14-13-17-11-8-7-9-12-17/h4-15H,1-3H2. The molecule has 0 atom stereocenters. The van der Waals surface area contributed by atoms with Crippen LogP contribution >= 0.6 is 0 Å². The first kappa shape index (κ1) is 13.7. The molecule has 0 aliphatic heterocycles. The predicted octanol–water partition coefficient (Wildman–Crippen LogP) is 5.11. The number of hydrogen-bond donors (Lipinski definition) is 0. The summed E-state index contributed by atoms with van der Waals surface area (Å²) in [5.74, 6) is 0. The van der Waals surface area contributed by atoms with Crippen LogP contribution in [0.3, 0.4) is 0 Å². The molecule has 0 radical (unpaired) electrons. The van der Waals surface area contributed by atoms with E-state index in [1.807, 2.05) is 42.5 Å². The zero-order valence-electron chi connectivity index (χ0n) is 10.5. The molecule has 0 saturated heterocycles. The Hall–Kier alpha value is -2.34. The summed E-state index contributed by atoms with van der Waals surface area (Å²) in [6, 6.07) is 10.2. The molecule has 0 aliphatic carbocycles. The highest BCUT2D eigenvalue weighted by Gasteiger charge is 1.88. The molecule has 0 saturated carbocycles. The van der Waals surface area contributed by atoms with Crippen molar-refractivity contribution in [3.8, 4) is 0 Å². The van der Waals surface area contributed by atoms with Crippen LogP contribution in [0.15, 0.2) is 97.7 Å². The van der Waals surface area contributed by atoms with E-state index in [0.29, 0.717) is 0 Å². The highest BCUT2D eigenvalue weighted by molar-refractivity contribution is 5.56. The molecule has 0 unspecified atom stereocenters. The third-order valence-corrected chi connectivity index (χ3v) is 2.31. The van der Waals surface area contributed by atoms with Crippen LogP contribution in [0.25, 0.3) is 6.08 Å². The molecule has 90 valence electrons. The molecule has 0 fully saturated rings. The predicted molar refractivity (Wildman–Crippen MR) is 82.2 cm³/mol. The van der Waals surface area contributed by atoms with E-state index in [0.717, 1.165) is 11.1 Å². The fraction of sp³-hybridized carbons (Fsp3) is 0. The minimum Gasteiger partial charge on any atom is -0.0991 e. The van der Waals surface area contributed by atoms with E-state index in [2.05, 4.69) is 37.9 Å². The van der Waals surface area contributed by atoms with E-state index in [1.165, 1.54) is 5.56 Å². The molecule has 0 heterocycles. The van der Waals surface area contributed by atoms with Gasteiger partial charge in [0.15, 0.2) is 0 Å². The van der Waals surface area contributed by atoms with E-state index in [-0.39, 0.29) is 0 Å². The second-order valence-electron chi connectivity index (χ2n) is 3.76. The Bertz CT molecular complexity index is 496. The highest BCUT2D eigenvalue weighted by atomic mass is 13.9. The Labute approximate surface area is 110 Å². The monoisotopic (exact) mass is 234 g/mol. The Balaban J connectivity index is 2.91. The van der Waals surface area contributed by atoms with Crippen molar-refractivity contribution in [1.82, 2.24) is 0 Å². The van der Waals surface area contributed by atoms with Gasteiger partial charge in [-0.3, -0.25) is 0 Å². The Kier molecular flexibility index (Phi) is 5.99. The minimum atomic E-state index is 0.886. The van der Waals surface area contributed by atoms with Gasteiger partial charge in [0.1, 0.15) is 0 Å². The first-order valence-electron chi connectivity index (χ1n) is 5.81. The van der Waals surface area contributed by atoms with Gasteiger partial charge >= 0.3 is 0 Å². The van der Waals surface area contributed by atoms with E-state index < -0.39 is 0 Å². The van der Waals surface area contributed by atoms with Crippen molar-refractivity contribution in [3.63, 3.8) is 0 Å². The SMILES string of the molecule is C=CC=CC(C=Cc1ccccc1)=CC(=C)C=C. The summed E-state index contributed by atoms with van der Waals surface area (Å²) in [6.45, 7) is 11.3. The second kappa shape index (κ2) is 7.86. The van der Waals surface area contributed by atoms with Crippen molar-refractivity contribution in [2.75, 3.05) is 0 Å². The van der Waals surface area contributed by atoms with Gasteiger partial charge in [-0.1, -0.05) is 86.5 Å². The van der Waals surface area contributed by atoms with E-state index in [1.54, 1.807) is 12.2 Å². The summed E-state index contributed by atoms with van der Waals surface area (Å²) >= 11 is 0. The van der Waals surface area contributed by atoms with Gasteiger partial charge in [0, 0.05) is 0 Å². The van der Waals surface area contributed by atoms with E-state index in [4.69, 9.17) is 0 Å². The minimum absolute atomic E-state index is 0.886. The van der Waals surface area contributed by atoms with Crippen molar-refractivity contribution < 1.29 is 0 Å². The zero-order chi connectivity index (χ0) is 13.2. The molecule has 0 aliphatic rings. The molecule has 0 aromatic heterocycles. The lowest BCUT2D eigenvalue weighted by atomic mass is 10.1. The van der Waals surface area contributed by atoms with Crippen molar-refractivity contribution in [2.45, 2.75) is 0 Å². The molecule has 1 aromatic rings. The van der Waals surface area contributed by atoms with E-state index >= 15 is 0 Å². The maximum Gasteiger partial charge on any atom is -0.0251 e. The smallest absolute Gasteiger partial charge is 0.0251 e. The highest BCUT2D eigenvalue weighted by Crippen LogP contribution is 2.09. The number of rotatable bonds is 6. The fourth-order valence-corrected chi connectivity index (χ4v) is 1.36. The Morgan fingerprint density at radius 3 is 2.33 bits per heavy atom. The van der Waals surface area contributed by atoms with Gasteiger partial charge < -0.3 is 0 Å². The van der Waals surface area contributed by atoms with Crippen LogP contribution in [0.5, 0.6) is 0 Å². The topological polar surface area (TPSA) is 0 Å². The average molecular weight is 234 g/mol. The lowest BCUT2D eigenvalue weighted by Crippen LogP contribution is -1.75.